The summed E-state index contributed by atoms with van der Waals surface area (Å²) >= 11 is 0. The van der Waals surface area contributed by atoms with Crippen molar-refractivity contribution in [3.63, 3.8) is 0 Å². The molecule has 2 heterocycles. The average Bonchev–Trinajstić information content (AvgIpc) is 2.85. The Hall–Kier alpha value is -1.60. The molecule has 2 aliphatic rings. The maximum absolute atomic E-state index is 12.6. The summed E-state index contributed by atoms with van der Waals surface area (Å²) in [5.41, 5.74) is 2.32. The van der Waals surface area contributed by atoms with Gasteiger partial charge in [0.1, 0.15) is 0 Å². The van der Waals surface area contributed by atoms with Crippen LogP contribution in [0.5, 0.6) is 0 Å². The van der Waals surface area contributed by atoms with E-state index in [1.54, 1.807) is 4.31 Å². The van der Waals surface area contributed by atoms with E-state index in [1.807, 2.05) is 25.1 Å². The molecular formula is C19H27NO5S. The fourth-order valence-electron chi connectivity index (χ4n) is 3.46. The molecule has 0 amide bonds. The first kappa shape index (κ1) is 19.2. The Balaban J connectivity index is 1.68. The summed E-state index contributed by atoms with van der Waals surface area (Å²) in [6.45, 7) is 4.39. The average molecular weight is 381 g/mol. The molecule has 3 rings (SSSR count). The molecule has 7 heteroatoms. The number of hydrogen-bond donors (Lipinski definition) is 0. The lowest BCUT2D eigenvalue weighted by Crippen LogP contribution is -2.34. The van der Waals surface area contributed by atoms with Gasteiger partial charge in [-0.15, -0.1) is 0 Å². The van der Waals surface area contributed by atoms with Crippen LogP contribution in [0.25, 0.3) is 0 Å². The zero-order valence-electron chi connectivity index (χ0n) is 15.3. The summed E-state index contributed by atoms with van der Waals surface area (Å²) in [5.74, 6) is 0.0700. The van der Waals surface area contributed by atoms with Gasteiger partial charge in [0.05, 0.1) is 24.5 Å². The Kier molecular flexibility index (Phi) is 6.19. The molecule has 1 aromatic carbocycles. The smallest absolute Gasteiger partial charge is 0.310 e. The van der Waals surface area contributed by atoms with Gasteiger partial charge in [0.2, 0.25) is 10.0 Å². The number of carbonyl (C=O) groups excluding carboxylic acids is 1. The lowest BCUT2D eigenvalue weighted by Gasteiger charge is -2.27. The summed E-state index contributed by atoms with van der Waals surface area (Å²) in [6.07, 6.45) is 3.80. The van der Waals surface area contributed by atoms with E-state index < -0.39 is 10.0 Å². The first-order chi connectivity index (χ1) is 12.5. The molecule has 2 aliphatic heterocycles. The third-order valence-corrected chi connectivity index (χ3v) is 6.65. The first-order valence-electron chi connectivity index (χ1n) is 9.35. The summed E-state index contributed by atoms with van der Waals surface area (Å²) in [6, 6.07) is 5.49. The van der Waals surface area contributed by atoms with Crippen LogP contribution in [-0.4, -0.2) is 40.8 Å². The number of fused-ring (bicyclic) bond motifs is 1. The van der Waals surface area contributed by atoms with Gasteiger partial charge in [-0.05, 0) is 42.4 Å². The molecule has 0 bridgehead atoms. The molecule has 0 atom stereocenters. The molecular weight excluding hydrogens is 354 g/mol. The number of nitrogens with zero attached hydrogens (tertiary/aromatic N) is 1. The second-order valence-corrected chi connectivity index (χ2v) is 8.95. The van der Waals surface area contributed by atoms with Crippen molar-refractivity contribution in [3.05, 3.63) is 29.3 Å². The first-order valence-corrected chi connectivity index (χ1v) is 11.0. The third-order valence-electron chi connectivity index (χ3n) is 4.96. The predicted octanol–water partition coefficient (Wildman–Crippen LogP) is 2.65. The molecule has 0 radical (unpaired) electrons. The molecule has 0 aromatic heterocycles. The van der Waals surface area contributed by atoms with E-state index in [0.717, 1.165) is 42.5 Å². The zero-order chi connectivity index (χ0) is 18.6. The number of ether oxygens (including phenoxy) is 2. The van der Waals surface area contributed by atoms with Crippen LogP contribution in [0.4, 0.5) is 5.69 Å². The highest BCUT2D eigenvalue weighted by Crippen LogP contribution is 2.36. The van der Waals surface area contributed by atoms with Crippen LogP contribution in [0.2, 0.25) is 0 Å². The van der Waals surface area contributed by atoms with Crippen LogP contribution in [0.15, 0.2) is 18.2 Å². The van der Waals surface area contributed by atoms with Crippen LogP contribution in [0.1, 0.15) is 43.7 Å². The monoisotopic (exact) mass is 381 g/mol. The minimum absolute atomic E-state index is 0.00424. The van der Waals surface area contributed by atoms with Gasteiger partial charge in [0.25, 0.3) is 0 Å². The van der Waals surface area contributed by atoms with Gasteiger partial charge < -0.3 is 9.47 Å². The van der Waals surface area contributed by atoms with Crippen LogP contribution in [0.3, 0.4) is 0 Å². The second kappa shape index (κ2) is 8.39. The number of carbonyl (C=O) groups is 1. The number of benzene rings is 1. The highest BCUT2D eigenvalue weighted by Gasteiger charge is 2.35. The van der Waals surface area contributed by atoms with E-state index in [1.165, 1.54) is 0 Å². The summed E-state index contributed by atoms with van der Waals surface area (Å²) in [5, 5.41) is 0. The molecule has 1 saturated heterocycles. The van der Waals surface area contributed by atoms with Gasteiger partial charge in [-0.2, -0.15) is 0 Å². The number of esters is 1. The maximum Gasteiger partial charge on any atom is 0.310 e. The van der Waals surface area contributed by atoms with Crippen molar-refractivity contribution in [1.82, 2.24) is 0 Å². The summed E-state index contributed by atoms with van der Waals surface area (Å²) in [4.78, 5) is 11.9. The van der Waals surface area contributed by atoms with E-state index in [4.69, 9.17) is 9.47 Å². The van der Waals surface area contributed by atoms with Gasteiger partial charge in [-0.3, -0.25) is 9.10 Å². The third kappa shape index (κ3) is 4.57. The lowest BCUT2D eigenvalue weighted by atomic mass is 10.00. The number of unbranched alkanes of at least 4 members (excludes halogenated alkanes) is 1. The van der Waals surface area contributed by atoms with Gasteiger partial charge in [-0.1, -0.05) is 25.5 Å². The lowest BCUT2D eigenvalue weighted by molar-refractivity contribution is -0.142. The Morgan fingerprint density at radius 2 is 2.08 bits per heavy atom. The minimum atomic E-state index is -3.33. The molecule has 0 spiro atoms. The number of rotatable bonds is 7. The molecule has 0 unspecified atom stereocenters. The second-order valence-electron chi connectivity index (χ2n) is 7.06. The van der Waals surface area contributed by atoms with Crippen molar-refractivity contribution < 1.29 is 22.7 Å². The quantitative estimate of drug-likeness (QED) is 0.536. The van der Waals surface area contributed by atoms with Crippen LogP contribution >= 0.6 is 0 Å². The fraction of sp³-hybridized carbons (Fsp3) is 0.632. The van der Waals surface area contributed by atoms with E-state index >= 15 is 0 Å². The molecule has 1 fully saturated rings. The Labute approximate surface area is 155 Å². The van der Waals surface area contributed by atoms with Crippen LogP contribution in [-0.2, 0) is 36.5 Å². The van der Waals surface area contributed by atoms with Gasteiger partial charge in [-0.25, -0.2) is 8.42 Å². The summed E-state index contributed by atoms with van der Waals surface area (Å²) in [7, 11) is -3.33. The Bertz CT molecular complexity index is 740. The molecule has 0 saturated carbocycles. The van der Waals surface area contributed by atoms with Crippen LogP contribution in [0, 0.1) is 5.92 Å². The van der Waals surface area contributed by atoms with Crippen molar-refractivity contribution >= 4 is 21.7 Å². The van der Waals surface area contributed by atoms with Crippen molar-refractivity contribution in [2.75, 3.05) is 30.7 Å². The van der Waals surface area contributed by atoms with Crippen molar-refractivity contribution in [3.8, 4) is 0 Å². The molecule has 26 heavy (non-hydrogen) atoms. The summed E-state index contributed by atoms with van der Waals surface area (Å²) < 4.78 is 37.3. The number of hydrogen-bond acceptors (Lipinski definition) is 5. The highest BCUT2D eigenvalue weighted by atomic mass is 32.2. The van der Waals surface area contributed by atoms with Crippen molar-refractivity contribution in [1.29, 1.82) is 0 Å². The SMILES string of the molecule is CCCCOC(=O)Cc1ccc2c(c1)CS(=O)(=O)N2CC1CCOCC1. The van der Waals surface area contributed by atoms with E-state index in [0.29, 0.717) is 32.3 Å². The van der Waals surface area contributed by atoms with Crippen molar-refractivity contribution in [2.45, 2.75) is 44.8 Å². The largest absolute Gasteiger partial charge is 0.465 e. The zero-order valence-corrected chi connectivity index (χ0v) is 16.1. The van der Waals surface area contributed by atoms with Gasteiger partial charge >= 0.3 is 5.97 Å². The molecule has 1 aromatic rings. The standard InChI is InChI=1S/C19H27NO5S/c1-2-3-8-25-19(21)12-16-4-5-18-17(11-16)14-26(22,23)20(18)13-15-6-9-24-10-7-15/h4-5,11,15H,2-3,6-10,12-14H2,1H3. The highest BCUT2D eigenvalue weighted by molar-refractivity contribution is 7.92. The predicted molar refractivity (Wildman–Crippen MR) is 99.5 cm³/mol. The fourth-order valence-corrected chi connectivity index (χ4v) is 5.15. The maximum atomic E-state index is 12.6. The number of sulfonamides is 1. The van der Waals surface area contributed by atoms with Gasteiger partial charge in [0.15, 0.2) is 0 Å². The molecule has 144 valence electrons. The van der Waals surface area contributed by atoms with Crippen LogP contribution < -0.4 is 4.31 Å². The van der Waals surface area contributed by atoms with E-state index in [-0.39, 0.29) is 18.1 Å². The Morgan fingerprint density at radius 3 is 2.81 bits per heavy atom. The molecule has 0 N–H and O–H groups in total. The number of anilines is 1. The minimum Gasteiger partial charge on any atom is -0.465 e. The normalized spacial score (nSPS) is 19.3. The Morgan fingerprint density at radius 1 is 1.31 bits per heavy atom. The van der Waals surface area contributed by atoms with E-state index in [9.17, 15) is 13.2 Å². The van der Waals surface area contributed by atoms with E-state index in [2.05, 4.69) is 0 Å². The molecule has 0 aliphatic carbocycles. The van der Waals surface area contributed by atoms with Crippen molar-refractivity contribution in [2.24, 2.45) is 5.92 Å². The van der Waals surface area contributed by atoms with Gasteiger partial charge in [0, 0.05) is 19.8 Å². The topological polar surface area (TPSA) is 72.9 Å². The molecule has 6 nitrogen and oxygen atoms in total.